The molecular weight excluding hydrogens is 132 g/mol. The molecule has 0 bridgehead atoms. The molecule has 56 valence electrons. The van der Waals surface area contributed by atoms with Crippen molar-refractivity contribution in [1.82, 2.24) is 0 Å². The molecule has 0 radical (unpaired) electrons. The summed E-state index contributed by atoms with van der Waals surface area (Å²) >= 11 is 0. The topological polar surface area (TPSA) is 147 Å². The lowest BCUT2D eigenvalue weighted by Gasteiger charge is -1.62. The first-order valence-electron chi connectivity index (χ1n) is 1.48. The molecule has 0 spiro atoms. The average molecular weight is 140 g/mol. The van der Waals surface area contributed by atoms with E-state index < -0.39 is 6.03 Å². The summed E-state index contributed by atoms with van der Waals surface area (Å²) in [5.74, 6) is 0. The minimum absolute atomic E-state index is 0.250. The molecule has 0 atom stereocenters. The van der Waals surface area contributed by atoms with E-state index in [1.165, 1.54) is 0 Å². The average Bonchev–Trinajstić information content (AvgIpc) is 1.71. The maximum Gasteiger partial charge on any atom is 0.309 e. The van der Waals surface area contributed by atoms with Crippen LogP contribution in [0, 0.1) is 0 Å². The van der Waals surface area contributed by atoms with Crippen LogP contribution in [0.25, 0.3) is 0 Å². The molecule has 0 aromatic heterocycles. The van der Waals surface area contributed by atoms with Gasteiger partial charge >= 0.3 is 6.03 Å². The van der Waals surface area contributed by atoms with E-state index in [1.807, 2.05) is 0 Å². The van der Waals surface area contributed by atoms with Crippen LogP contribution in [0.1, 0.15) is 0 Å². The molecule has 0 aliphatic carbocycles. The minimum atomic E-state index is -0.833. The van der Waals surface area contributed by atoms with E-state index in [-0.39, 0.29) is 6.47 Å². The fourth-order valence-electron chi connectivity index (χ4n) is 0. The van der Waals surface area contributed by atoms with E-state index in [9.17, 15) is 0 Å². The lowest BCUT2D eigenvalue weighted by atomic mass is 11.2. The van der Waals surface area contributed by atoms with Gasteiger partial charge in [0, 0.05) is 0 Å². The first-order chi connectivity index (χ1) is 4.15. The number of carboxylic acid groups (broad SMARTS) is 1. The van der Waals surface area contributed by atoms with Gasteiger partial charge in [-0.05, 0) is 0 Å². The number of primary amides is 2. The molecule has 0 aromatic carbocycles. The molecular formula is C2H8N2O5. The van der Waals surface area contributed by atoms with Crippen LogP contribution in [0.15, 0.2) is 0 Å². The van der Waals surface area contributed by atoms with Crippen molar-refractivity contribution in [2.45, 2.75) is 0 Å². The van der Waals surface area contributed by atoms with Gasteiger partial charge in [-0.15, -0.1) is 0 Å². The van der Waals surface area contributed by atoms with Crippen LogP contribution in [-0.2, 0) is 4.79 Å². The second kappa shape index (κ2) is 30.2. The predicted molar refractivity (Wildman–Crippen MR) is 27.7 cm³/mol. The Morgan fingerprint density at radius 2 is 1.33 bits per heavy atom. The number of rotatable bonds is 0. The zero-order valence-corrected chi connectivity index (χ0v) is 4.39. The SMILES string of the molecule is NC(N)=O.O=CO.OO. The van der Waals surface area contributed by atoms with Crippen LogP contribution in [0.2, 0.25) is 0 Å². The molecule has 7 N–H and O–H groups in total. The van der Waals surface area contributed by atoms with Gasteiger partial charge in [-0.3, -0.25) is 15.3 Å². The van der Waals surface area contributed by atoms with E-state index in [2.05, 4.69) is 11.5 Å². The molecule has 2 amide bonds. The number of nitrogens with two attached hydrogens (primary N) is 2. The lowest BCUT2D eigenvalue weighted by Crippen LogP contribution is -2.18. The summed E-state index contributed by atoms with van der Waals surface area (Å²) in [6, 6.07) is -0.833. The molecule has 9 heavy (non-hydrogen) atoms. The van der Waals surface area contributed by atoms with E-state index >= 15 is 0 Å². The number of urea groups is 1. The zero-order valence-electron chi connectivity index (χ0n) is 4.39. The molecule has 0 saturated carbocycles. The second-order valence-electron chi connectivity index (χ2n) is 0.508. The molecule has 0 aromatic rings. The molecule has 0 fully saturated rings. The van der Waals surface area contributed by atoms with Crippen molar-refractivity contribution in [3.8, 4) is 0 Å². The molecule has 7 heteroatoms. The number of hydrogen-bond donors (Lipinski definition) is 5. The number of hydrogen-bond acceptors (Lipinski definition) is 4. The first-order valence-corrected chi connectivity index (χ1v) is 1.48. The van der Waals surface area contributed by atoms with E-state index in [1.54, 1.807) is 0 Å². The van der Waals surface area contributed by atoms with Gasteiger partial charge in [-0.1, -0.05) is 0 Å². The Kier molecular flexibility index (Phi) is 52.4. The molecule has 0 aliphatic rings. The summed E-state index contributed by atoms with van der Waals surface area (Å²) in [5, 5.41) is 18.9. The Morgan fingerprint density at radius 1 is 1.33 bits per heavy atom. The highest BCUT2D eigenvalue weighted by Gasteiger charge is 1.60. The van der Waals surface area contributed by atoms with E-state index in [4.69, 9.17) is 25.2 Å². The first kappa shape index (κ1) is 15.6. The van der Waals surface area contributed by atoms with Crippen LogP contribution in [-0.4, -0.2) is 28.1 Å². The predicted octanol–water partition coefficient (Wildman–Crippen LogP) is -1.26. The number of amides is 2. The van der Waals surface area contributed by atoms with E-state index in [0.717, 1.165) is 0 Å². The van der Waals surface area contributed by atoms with Gasteiger partial charge in [0.1, 0.15) is 0 Å². The van der Waals surface area contributed by atoms with Gasteiger partial charge in [0.15, 0.2) is 0 Å². The third-order valence-electron chi connectivity index (χ3n) is 0. The molecule has 0 saturated heterocycles. The summed E-state index contributed by atoms with van der Waals surface area (Å²) in [6.07, 6.45) is 0. The Bertz CT molecular complexity index is 60.0. The highest BCUT2D eigenvalue weighted by atomic mass is 17.0. The Morgan fingerprint density at radius 3 is 1.33 bits per heavy atom. The van der Waals surface area contributed by atoms with Crippen LogP contribution in [0.4, 0.5) is 4.79 Å². The van der Waals surface area contributed by atoms with Crippen molar-refractivity contribution in [2.75, 3.05) is 0 Å². The summed E-state index contributed by atoms with van der Waals surface area (Å²) < 4.78 is 0. The number of carbonyl (C=O) groups excluding carboxylic acids is 1. The smallest absolute Gasteiger partial charge is 0.309 e. The van der Waals surface area contributed by atoms with Crippen molar-refractivity contribution in [2.24, 2.45) is 11.5 Å². The molecule has 0 rings (SSSR count). The fourth-order valence-corrected chi connectivity index (χ4v) is 0. The summed E-state index contributed by atoms with van der Waals surface area (Å²) in [6.45, 7) is -0.250. The molecule has 0 heterocycles. The second-order valence-corrected chi connectivity index (χ2v) is 0.508. The van der Waals surface area contributed by atoms with Crippen molar-refractivity contribution in [3.05, 3.63) is 0 Å². The van der Waals surface area contributed by atoms with Crippen LogP contribution in [0.3, 0.4) is 0 Å². The van der Waals surface area contributed by atoms with Gasteiger partial charge < -0.3 is 16.6 Å². The number of carbonyl (C=O) groups is 2. The van der Waals surface area contributed by atoms with E-state index in [0.29, 0.717) is 0 Å². The minimum Gasteiger partial charge on any atom is -0.483 e. The van der Waals surface area contributed by atoms with Gasteiger partial charge in [0.2, 0.25) is 0 Å². The van der Waals surface area contributed by atoms with Crippen LogP contribution < -0.4 is 11.5 Å². The van der Waals surface area contributed by atoms with Gasteiger partial charge in [-0.2, -0.15) is 0 Å². The summed E-state index contributed by atoms with van der Waals surface area (Å²) in [7, 11) is 0. The van der Waals surface area contributed by atoms with Crippen molar-refractivity contribution in [1.29, 1.82) is 0 Å². The fraction of sp³-hybridized carbons (Fsp3) is 0. The van der Waals surface area contributed by atoms with Crippen LogP contribution >= 0.6 is 0 Å². The highest BCUT2D eigenvalue weighted by Crippen LogP contribution is 1.25. The quantitative estimate of drug-likeness (QED) is 0.162. The summed E-state index contributed by atoms with van der Waals surface area (Å²) in [5.41, 5.74) is 8.50. The van der Waals surface area contributed by atoms with Crippen molar-refractivity contribution >= 4 is 12.5 Å². The summed E-state index contributed by atoms with van der Waals surface area (Å²) in [4.78, 5) is 17.4. The Hall–Kier alpha value is -1.34. The highest BCUT2D eigenvalue weighted by molar-refractivity contribution is 5.69. The lowest BCUT2D eigenvalue weighted by molar-refractivity contribution is -0.176. The normalized spacial score (nSPS) is 4.67. The van der Waals surface area contributed by atoms with Gasteiger partial charge in [0.05, 0.1) is 0 Å². The van der Waals surface area contributed by atoms with Crippen molar-refractivity contribution < 1.29 is 25.2 Å². The van der Waals surface area contributed by atoms with Gasteiger partial charge in [0.25, 0.3) is 6.47 Å². The molecule has 0 aliphatic heterocycles. The monoisotopic (exact) mass is 140 g/mol. The van der Waals surface area contributed by atoms with Crippen molar-refractivity contribution in [3.63, 3.8) is 0 Å². The molecule has 0 unspecified atom stereocenters. The largest absolute Gasteiger partial charge is 0.483 e. The maximum absolute atomic E-state index is 9.00. The molecule has 7 nitrogen and oxygen atoms in total. The third kappa shape index (κ3) is 80.5. The van der Waals surface area contributed by atoms with Gasteiger partial charge in [-0.25, -0.2) is 4.79 Å². The maximum atomic E-state index is 9.00. The standard InChI is InChI=1S/CH4N2O.CH2O2.H2O2/c2-1(3)4;2-1-3;1-2/h(H4,2,3,4);1H,(H,2,3);1-2H. The Labute approximate surface area is 50.4 Å². The van der Waals surface area contributed by atoms with Crippen LogP contribution in [0.5, 0.6) is 0 Å². The third-order valence-corrected chi connectivity index (χ3v) is 0. The Balaban J connectivity index is -0.0000000646. The zero-order chi connectivity index (χ0) is 8.28.